The van der Waals surface area contributed by atoms with Gasteiger partial charge in [-0.2, -0.15) is 0 Å². The molecule has 3 rings (SSSR count). The van der Waals surface area contributed by atoms with E-state index in [1.165, 1.54) is 22.3 Å². The molecule has 96 valence electrons. The first-order valence-corrected chi connectivity index (χ1v) is 6.82. The van der Waals surface area contributed by atoms with E-state index in [1.807, 2.05) is 6.92 Å². The number of rotatable bonds is 1. The number of ketones is 1. The van der Waals surface area contributed by atoms with Crippen LogP contribution >= 0.6 is 0 Å². The molecule has 19 heavy (non-hydrogen) atoms. The highest BCUT2D eigenvalue weighted by molar-refractivity contribution is 6.07. The van der Waals surface area contributed by atoms with Gasteiger partial charge in [0.15, 0.2) is 5.78 Å². The molecule has 1 nitrogen and oxygen atoms in total. The molecule has 0 aromatic heterocycles. The van der Waals surface area contributed by atoms with Gasteiger partial charge in [0.1, 0.15) is 0 Å². The largest absolute Gasteiger partial charge is 0.294 e. The molecule has 0 N–H and O–H groups in total. The van der Waals surface area contributed by atoms with Crippen LogP contribution in [0.3, 0.4) is 0 Å². The lowest BCUT2D eigenvalue weighted by atomic mass is 9.91. The molecule has 1 heteroatoms. The van der Waals surface area contributed by atoms with E-state index in [9.17, 15) is 4.79 Å². The van der Waals surface area contributed by atoms with Crippen molar-refractivity contribution in [1.82, 2.24) is 0 Å². The molecule has 1 aliphatic rings. The fraction of sp³-hybridized carbons (Fsp3) is 0.278. The number of Topliss-reactive ketones (excluding diaryl/α,β-unsaturated/α-hetero) is 1. The number of aryl methyl sites for hydroxylation is 1. The van der Waals surface area contributed by atoms with Crippen molar-refractivity contribution in [1.29, 1.82) is 0 Å². The lowest BCUT2D eigenvalue weighted by molar-refractivity contribution is 0.0947. The average Bonchev–Trinajstić information content (AvgIpc) is 2.69. The van der Waals surface area contributed by atoms with E-state index in [1.54, 1.807) is 0 Å². The van der Waals surface area contributed by atoms with Gasteiger partial charge in [-0.3, -0.25) is 4.79 Å². The number of hydrogen-bond acceptors (Lipinski definition) is 1. The number of carbonyl (C=O) groups is 1. The average molecular weight is 250 g/mol. The van der Waals surface area contributed by atoms with E-state index in [0.717, 1.165) is 17.5 Å². The third-order valence-corrected chi connectivity index (χ3v) is 4.27. The molecular formula is C18H18O. The van der Waals surface area contributed by atoms with Crippen molar-refractivity contribution >= 4 is 5.78 Å². The number of carbonyl (C=O) groups excluding carboxylic acids is 1. The van der Waals surface area contributed by atoms with E-state index in [0.29, 0.717) is 5.78 Å². The molecule has 1 atom stereocenters. The topological polar surface area (TPSA) is 17.1 Å². The van der Waals surface area contributed by atoms with E-state index < -0.39 is 0 Å². The lowest BCUT2D eigenvalue weighted by Gasteiger charge is -2.12. The van der Waals surface area contributed by atoms with Gasteiger partial charge >= 0.3 is 0 Å². The zero-order valence-electron chi connectivity index (χ0n) is 11.7. The normalized spacial score (nSPS) is 17.6. The van der Waals surface area contributed by atoms with Gasteiger partial charge < -0.3 is 0 Å². The Kier molecular flexibility index (Phi) is 2.78. The highest BCUT2D eigenvalue weighted by atomic mass is 16.1. The summed E-state index contributed by atoms with van der Waals surface area (Å²) in [4.78, 5) is 12.4. The molecule has 0 saturated heterocycles. The quantitative estimate of drug-likeness (QED) is 0.735. The molecular weight excluding hydrogens is 232 g/mol. The van der Waals surface area contributed by atoms with Crippen molar-refractivity contribution in [3.05, 3.63) is 58.7 Å². The summed E-state index contributed by atoms with van der Waals surface area (Å²) in [5.41, 5.74) is 6.99. The maximum Gasteiger partial charge on any atom is 0.166 e. The molecule has 0 aliphatic heterocycles. The second kappa shape index (κ2) is 4.34. The molecule has 2 aromatic rings. The molecule has 1 aliphatic carbocycles. The van der Waals surface area contributed by atoms with Crippen LogP contribution in [0.5, 0.6) is 0 Å². The van der Waals surface area contributed by atoms with Crippen LogP contribution in [-0.2, 0) is 6.42 Å². The van der Waals surface area contributed by atoms with Gasteiger partial charge in [-0.05, 0) is 48.1 Å². The van der Waals surface area contributed by atoms with E-state index in [4.69, 9.17) is 0 Å². The van der Waals surface area contributed by atoms with Crippen LogP contribution in [0.1, 0.15) is 34.0 Å². The van der Waals surface area contributed by atoms with Crippen molar-refractivity contribution in [3.63, 3.8) is 0 Å². The Morgan fingerprint density at radius 3 is 2.47 bits per heavy atom. The summed E-state index contributed by atoms with van der Waals surface area (Å²) in [6.07, 6.45) is 0.882. The van der Waals surface area contributed by atoms with E-state index >= 15 is 0 Å². The van der Waals surface area contributed by atoms with Gasteiger partial charge in [0.25, 0.3) is 0 Å². The molecule has 0 bridgehead atoms. The van der Waals surface area contributed by atoms with Crippen molar-refractivity contribution in [2.45, 2.75) is 27.2 Å². The zero-order valence-corrected chi connectivity index (χ0v) is 11.7. The van der Waals surface area contributed by atoms with Crippen LogP contribution in [0, 0.1) is 19.8 Å². The molecule has 0 radical (unpaired) electrons. The fourth-order valence-electron chi connectivity index (χ4n) is 3.00. The summed E-state index contributed by atoms with van der Waals surface area (Å²) in [6, 6.07) is 12.5. The highest BCUT2D eigenvalue weighted by Crippen LogP contribution is 2.36. The van der Waals surface area contributed by atoms with Gasteiger partial charge in [-0.1, -0.05) is 43.3 Å². The minimum absolute atomic E-state index is 0.126. The maximum atomic E-state index is 12.4. The molecule has 1 unspecified atom stereocenters. The molecule has 0 spiro atoms. The fourth-order valence-corrected chi connectivity index (χ4v) is 3.00. The van der Waals surface area contributed by atoms with Crippen LogP contribution < -0.4 is 0 Å². The monoisotopic (exact) mass is 250 g/mol. The van der Waals surface area contributed by atoms with Gasteiger partial charge in [0.2, 0.25) is 0 Å². The standard InChI is InChI=1S/C18H18O/c1-11-6-4-8-15(13(11)3)16-9-5-7-14-10-12(2)18(19)17(14)16/h4-9,12H,10H2,1-3H3. The third-order valence-electron chi connectivity index (χ3n) is 4.27. The third kappa shape index (κ3) is 1.81. The minimum Gasteiger partial charge on any atom is -0.294 e. The Labute approximate surface area is 114 Å². The molecule has 2 aromatic carbocycles. The Bertz CT molecular complexity index is 667. The number of fused-ring (bicyclic) bond motifs is 1. The summed E-state index contributed by atoms with van der Waals surface area (Å²) >= 11 is 0. The summed E-state index contributed by atoms with van der Waals surface area (Å²) in [5, 5.41) is 0. The van der Waals surface area contributed by atoms with Crippen LogP contribution in [0.15, 0.2) is 36.4 Å². The van der Waals surface area contributed by atoms with E-state index in [2.05, 4.69) is 50.2 Å². The Morgan fingerprint density at radius 2 is 1.68 bits per heavy atom. The summed E-state index contributed by atoms with van der Waals surface area (Å²) in [5.74, 6) is 0.424. The minimum atomic E-state index is 0.126. The van der Waals surface area contributed by atoms with Crippen molar-refractivity contribution in [3.8, 4) is 11.1 Å². The predicted octanol–water partition coefficient (Wildman–Crippen LogP) is 4.35. The second-order valence-corrected chi connectivity index (χ2v) is 5.56. The highest BCUT2D eigenvalue weighted by Gasteiger charge is 2.29. The van der Waals surface area contributed by atoms with Crippen LogP contribution in [0.25, 0.3) is 11.1 Å². The lowest BCUT2D eigenvalue weighted by Crippen LogP contribution is -2.04. The SMILES string of the molecule is Cc1cccc(-c2cccc3c2C(=O)C(C)C3)c1C. The van der Waals surface area contributed by atoms with Gasteiger partial charge in [-0.15, -0.1) is 0 Å². The molecule has 0 fully saturated rings. The van der Waals surface area contributed by atoms with Gasteiger partial charge in [0.05, 0.1) is 0 Å². The van der Waals surface area contributed by atoms with Crippen molar-refractivity contribution in [2.24, 2.45) is 5.92 Å². The summed E-state index contributed by atoms with van der Waals surface area (Å²) in [6.45, 7) is 6.27. The Hall–Kier alpha value is -1.89. The number of benzene rings is 2. The molecule has 0 saturated carbocycles. The van der Waals surface area contributed by atoms with Crippen LogP contribution in [-0.4, -0.2) is 5.78 Å². The first kappa shape index (κ1) is 12.2. The first-order valence-electron chi connectivity index (χ1n) is 6.82. The van der Waals surface area contributed by atoms with Crippen LogP contribution in [0.2, 0.25) is 0 Å². The summed E-state index contributed by atoms with van der Waals surface area (Å²) < 4.78 is 0. The Balaban J connectivity index is 2.26. The Morgan fingerprint density at radius 1 is 1.00 bits per heavy atom. The van der Waals surface area contributed by atoms with Crippen molar-refractivity contribution in [2.75, 3.05) is 0 Å². The summed E-state index contributed by atoms with van der Waals surface area (Å²) in [7, 11) is 0. The zero-order chi connectivity index (χ0) is 13.6. The second-order valence-electron chi connectivity index (χ2n) is 5.56. The maximum absolute atomic E-state index is 12.4. The van der Waals surface area contributed by atoms with E-state index in [-0.39, 0.29) is 5.92 Å². The molecule has 0 heterocycles. The number of hydrogen-bond donors (Lipinski definition) is 0. The first-order chi connectivity index (χ1) is 9.09. The van der Waals surface area contributed by atoms with Gasteiger partial charge in [-0.25, -0.2) is 0 Å². The van der Waals surface area contributed by atoms with Crippen LogP contribution in [0.4, 0.5) is 0 Å². The predicted molar refractivity (Wildman–Crippen MR) is 78.6 cm³/mol. The van der Waals surface area contributed by atoms with Gasteiger partial charge in [0, 0.05) is 11.5 Å². The van der Waals surface area contributed by atoms with Crippen molar-refractivity contribution < 1.29 is 4.79 Å². The molecule has 0 amide bonds. The smallest absolute Gasteiger partial charge is 0.166 e.